The van der Waals surface area contributed by atoms with Crippen molar-refractivity contribution in [2.24, 2.45) is 0 Å². The standard InChI is InChI=1S/C31H34N2O4.C31H36N2O3/c1-17-16-21-19(9-11-23(33-21)30(2,3)4)26(24(17)28(29(34)35)37-31(5,6)7)20-8-10-22-25-18(13-15-36-22)12-14-32-27(20)25;1-18-16-22-20(9-11-25(33-22)30(2,3)4)28(26(18)24(17-34)36-31(5,6)7)21-8-10-23-27-19(13-15-35-23)12-14-32-29(21)27/h8-12,14,16,28H,13,15H2,1-7H3,(H,34,35);8-12,14,16,24,34H,13,15,17H2,1-7H3/t28-;24-/m01/s1. The topological polar surface area (TPSA) is 146 Å². The van der Waals surface area contributed by atoms with Gasteiger partial charge in [0.25, 0.3) is 0 Å². The fourth-order valence-electron chi connectivity index (χ4n) is 10.4. The van der Waals surface area contributed by atoms with Crippen LogP contribution in [0.5, 0.6) is 11.5 Å². The predicted octanol–water partition coefficient (Wildman–Crippen LogP) is 13.8. The maximum atomic E-state index is 12.7. The number of pyridine rings is 4. The average Bonchev–Trinajstić information content (AvgIpc) is 3.31. The number of fused-ring (bicyclic) bond motifs is 2. The van der Waals surface area contributed by atoms with Crippen molar-refractivity contribution in [2.45, 2.75) is 144 Å². The summed E-state index contributed by atoms with van der Waals surface area (Å²) in [6.45, 7) is 29.8. The van der Waals surface area contributed by atoms with Gasteiger partial charge in [0.1, 0.15) is 17.6 Å². The second-order valence-electron chi connectivity index (χ2n) is 23.6. The van der Waals surface area contributed by atoms with Gasteiger partial charge in [0.15, 0.2) is 6.10 Å². The number of hydrogen-bond donors (Lipinski definition) is 2. The van der Waals surface area contributed by atoms with Crippen molar-refractivity contribution in [3.05, 3.63) is 130 Å². The van der Waals surface area contributed by atoms with Crippen molar-refractivity contribution < 1.29 is 34.0 Å². The normalized spacial score (nSPS) is 14.7. The van der Waals surface area contributed by atoms with Crippen LogP contribution in [0.25, 0.3) is 65.9 Å². The molecule has 0 saturated carbocycles. The highest BCUT2D eigenvalue weighted by Crippen LogP contribution is 2.47. The number of nitrogens with zero attached hydrogens (tertiary/aromatic N) is 4. The number of ether oxygens (including phenoxy) is 4. The lowest BCUT2D eigenvalue weighted by atomic mass is 9.85. The molecule has 0 spiro atoms. The fraction of sp³-hybridized carbons (Fsp3) is 0.403. The molecule has 2 atom stereocenters. The van der Waals surface area contributed by atoms with E-state index in [1.165, 1.54) is 11.1 Å². The van der Waals surface area contributed by atoms with Crippen LogP contribution in [0.4, 0.5) is 0 Å². The molecule has 0 aliphatic carbocycles. The first-order chi connectivity index (χ1) is 34.3. The molecule has 4 aromatic carbocycles. The molecule has 0 fully saturated rings. The van der Waals surface area contributed by atoms with Crippen molar-refractivity contribution in [2.75, 3.05) is 19.8 Å². The lowest BCUT2D eigenvalue weighted by Gasteiger charge is -2.30. The van der Waals surface area contributed by atoms with Crippen molar-refractivity contribution in [1.29, 1.82) is 0 Å². The zero-order chi connectivity index (χ0) is 52.5. The molecule has 2 N–H and O–H groups in total. The van der Waals surface area contributed by atoms with Gasteiger partial charge in [-0.25, -0.2) is 4.79 Å². The predicted molar refractivity (Wildman–Crippen MR) is 292 cm³/mol. The van der Waals surface area contributed by atoms with Crippen molar-refractivity contribution in [3.8, 4) is 33.8 Å². The molecule has 0 bridgehead atoms. The van der Waals surface area contributed by atoms with Crippen LogP contribution in [0, 0.1) is 13.8 Å². The van der Waals surface area contributed by atoms with Gasteiger partial charge >= 0.3 is 5.97 Å². The maximum absolute atomic E-state index is 12.7. The van der Waals surface area contributed by atoms with Gasteiger partial charge in [-0.3, -0.25) is 19.9 Å². The van der Waals surface area contributed by atoms with Crippen LogP contribution >= 0.6 is 0 Å². The number of hydrogen-bond acceptors (Lipinski definition) is 10. The van der Waals surface area contributed by atoms with Gasteiger partial charge in [0, 0.05) is 85.7 Å². The van der Waals surface area contributed by atoms with Crippen LogP contribution in [0.2, 0.25) is 0 Å². The quantitative estimate of drug-likeness (QED) is 0.150. The highest BCUT2D eigenvalue weighted by atomic mass is 16.5. The number of aliphatic hydroxyl groups is 1. The van der Waals surface area contributed by atoms with Crippen LogP contribution < -0.4 is 9.47 Å². The van der Waals surface area contributed by atoms with E-state index in [1.54, 1.807) is 0 Å². The molecule has 11 heteroatoms. The molecule has 73 heavy (non-hydrogen) atoms. The highest BCUT2D eigenvalue weighted by molar-refractivity contribution is 6.09. The Morgan fingerprint density at radius 1 is 0.603 bits per heavy atom. The van der Waals surface area contributed by atoms with Gasteiger partial charge in [-0.2, -0.15) is 0 Å². The Labute approximate surface area is 429 Å². The van der Waals surface area contributed by atoms with E-state index >= 15 is 0 Å². The lowest BCUT2D eigenvalue weighted by Crippen LogP contribution is -2.28. The number of aliphatic carboxylic acids is 1. The monoisotopic (exact) mass is 983 g/mol. The van der Waals surface area contributed by atoms with Gasteiger partial charge in [-0.1, -0.05) is 53.7 Å². The van der Waals surface area contributed by atoms with Gasteiger partial charge in [0.2, 0.25) is 0 Å². The molecule has 0 radical (unpaired) electrons. The molecular formula is C62H70N4O7. The van der Waals surface area contributed by atoms with E-state index in [0.717, 1.165) is 118 Å². The van der Waals surface area contributed by atoms with E-state index in [2.05, 4.69) is 90.9 Å². The number of benzene rings is 4. The summed E-state index contributed by atoms with van der Waals surface area (Å²) in [5, 5.41) is 24.9. The van der Waals surface area contributed by atoms with E-state index in [-0.39, 0.29) is 17.4 Å². The van der Waals surface area contributed by atoms with Gasteiger partial charge in [-0.15, -0.1) is 0 Å². The third-order valence-corrected chi connectivity index (χ3v) is 13.6. The molecule has 10 rings (SSSR count). The van der Waals surface area contributed by atoms with Crippen LogP contribution in [-0.4, -0.2) is 67.1 Å². The molecule has 2 aliphatic rings. The second kappa shape index (κ2) is 19.1. The molecule has 8 aromatic rings. The zero-order valence-electron chi connectivity index (χ0n) is 45.0. The first kappa shape index (κ1) is 51.4. The Morgan fingerprint density at radius 3 is 1.45 bits per heavy atom. The summed E-state index contributed by atoms with van der Waals surface area (Å²) in [5.41, 5.74) is 13.7. The third-order valence-electron chi connectivity index (χ3n) is 13.6. The molecule has 0 unspecified atom stereocenters. The first-order valence-corrected chi connectivity index (χ1v) is 25.5. The van der Waals surface area contributed by atoms with E-state index in [1.807, 2.05) is 91.2 Å². The van der Waals surface area contributed by atoms with E-state index < -0.39 is 29.4 Å². The minimum Gasteiger partial charge on any atom is -0.493 e. The summed E-state index contributed by atoms with van der Waals surface area (Å²) < 4.78 is 24.6. The largest absolute Gasteiger partial charge is 0.493 e. The number of aryl methyl sites for hydroxylation is 2. The van der Waals surface area contributed by atoms with Gasteiger partial charge in [-0.05, 0) is 155 Å². The summed E-state index contributed by atoms with van der Waals surface area (Å²) in [6.07, 6.45) is 3.72. The smallest absolute Gasteiger partial charge is 0.337 e. The molecular weight excluding hydrogens is 913 g/mol. The Balaban J connectivity index is 0.000000180. The first-order valence-electron chi connectivity index (χ1n) is 25.5. The van der Waals surface area contributed by atoms with E-state index in [9.17, 15) is 15.0 Å². The fourth-order valence-corrected chi connectivity index (χ4v) is 10.4. The number of rotatable bonds is 8. The summed E-state index contributed by atoms with van der Waals surface area (Å²) in [5.74, 6) is 0.650. The second-order valence-corrected chi connectivity index (χ2v) is 23.6. The van der Waals surface area contributed by atoms with Gasteiger partial charge in [0.05, 0.1) is 53.1 Å². The van der Waals surface area contributed by atoms with Crippen LogP contribution in [0.1, 0.15) is 140 Å². The van der Waals surface area contributed by atoms with Crippen molar-refractivity contribution >= 4 is 49.6 Å². The molecule has 0 amide bonds. The number of carboxylic acids is 1. The van der Waals surface area contributed by atoms with Crippen LogP contribution in [0.15, 0.2) is 85.2 Å². The Hall–Kier alpha value is -6.53. The maximum Gasteiger partial charge on any atom is 0.337 e. The summed E-state index contributed by atoms with van der Waals surface area (Å²) in [4.78, 5) is 32.4. The molecule has 11 nitrogen and oxygen atoms in total. The number of carbonyl (C=O) groups is 1. The number of carboxylic acid groups (broad SMARTS) is 1. The molecule has 2 aliphatic heterocycles. The molecule has 0 saturated heterocycles. The summed E-state index contributed by atoms with van der Waals surface area (Å²) >= 11 is 0. The Kier molecular flexibility index (Phi) is 13.4. The summed E-state index contributed by atoms with van der Waals surface area (Å²) in [7, 11) is 0. The molecule has 380 valence electrons. The van der Waals surface area contributed by atoms with Gasteiger partial charge < -0.3 is 29.2 Å². The number of aromatic nitrogens is 4. The third kappa shape index (κ3) is 10.1. The zero-order valence-corrected chi connectivity index (χ0v) is 45.0. The minimum absolute atomic E-state index is 0.0664. The Morgan fingerprint density at radius 2 is 1.04 bits per heavy atom. The summed E-state index contributed by atoms with van der Waals surface area (Å²) in [6, 6.07) is 24.7. The highest BCUT2D eigenvalue weighted by Gasteiger charge is 2.34. The Bertz CT molecular complexity index is 3440. The van der Waals surface area contributed by atoms with Crippen LogP contribution in [-0.2, 0) is 37.9 Å². The molecule has 4 aromatic heterocycles. The minimum atomic E-state index is -1.16. The van der Waals surface area contributed by atoms with E-state index in [4.69, 9.17) is 38.9 Å². The number of aliphatic hydroxyl groups excluding tert-OH is 1. The SMILES string of the molecule is Cc1cc2nc(C(C)(C)C)ccc2c(-c2ccc3c4c(ccnc24)CCO3)c1[C@@H](CO)OC(C)(C)C.Cc1cc2nc(C(C)(C)C)ccc2c(-c2ccc3c4c(ccnc24)CCO3)c1[C@H](OC(C)(C)C)C(=O)O. The van der Waals surface area contributed by atoms with Crippen molar-refractivity contribution in [3.63, 3.8) is 0 Å². The average molecular weight is 983 g/mol. The van der Waals surface area contributed by atoms with Crippen LogP contribution in [0.3, 0.4) is 0 Å². The van der Waals surface area contributed by atoms with E-state index in [0.29, 0.717) is 18.8 Å². The molecule has 6 heterocycles. The lowest BCUT2D eigenvalue weighted by molar-refractivity contribution is -0.160. The van der Waals surface area contributed by atoms with Crippen molar-refractivity contribution in [1.82, 2.24) is 19.9 Å².